The summed E-state index contributed by atoms with van der Waals surface area (Å²) in [6.07, 6.45) is 0.00414. The van der Waals surface area contributed by atoms with Gasteiger partial charge in [0.05, 0.1) is 0 Å². The number of hydrogen-bond donors (Lipinski definition) is 0. The predicted molar refractivity (Wildman–Crippen MR) is 68.7 cm³/mol. The van der Waals surface area contributed by atoms with Crippen molar-refractivity contribution < 1.29 is 14.2 Å². The van der Waals surface area contributed by atoms with E-state index >= 15 is 0 Å². The van der Waals surface area contributed by atoms with E-state index in [0.29, 0.717) is 6.79 Å². The van der Waals surface area contributed by atoms with Crippen LogP contribution in [0.25, 0.3) is 0 Å². The van der Waals surface area contributed by atoms with Crippen LogP contribution >= 0.6 is 14.1 Å². The van der Waals surface area contributed by atoms with Gasteiger partial charge in [0.15, 0.2) is 0 Å². The van der Waals surface area contributed by atoms with Gasteiger partial charge in [-0.05, 0) is 0 Å². The summed E-state index contributed by atoms with van der Waals surface area (Å²) in [5.41, 5.74) is 1.15. The Labute approximate surface area is 109 Å². The molecule has 0 saturated carbocycles. The Kier molecular flexibility index (Phi) is 6.39. The summed E-state index contributed by atoms with van der Waals surface area (Å²) in [6.45, 7) is 2.31. The van der Waals surface area contributed by atoms with Gasteiger partial charge in [-0.25, -0.2) is 0 Å². The van der Waals surface area contributed by atoms with Crippen LogP contribution in [-0.2, 0) is 9.47 Å². The molecule has 0 aliphatic rings. The van der Waals surface area contributed by atoms with Gasteiger partial charge in [0.25, 0.3) is 0 Å². The molecule has 1 atom stereocenters. The van der Waals surface area contributed by atoms with Crippen LogP contribution in [0.5, 0.6) is 5.75 Å². The van der Waals surface area contributed by atoms with Crippen LogP contribution in [0.4, 0.5) is 0 Å². The van der Waals surface area contributed by atoms with Crippen LogP contribution in [-0.4, -0.2) is 34.2 Å². The van der Waals surface area contributed by atoms with Crippen LogP contribution in [0, 0.1) is 0 Å². The maximum atomic E-state index is 5.53. The van der Waals surface area contributed by atoms with Gasteiger partial charge in [-0.2, -0.15) is 0 Å². The second-order valence-corrected chi connectivity index (χ2v) is 6.13. The Morgan fingerprint density at radius 3 is 2.69 bits per heavy atom. The van der Waals surface area contributed by atoms with E-state index in [0.717, 1.165) is 11.3 Å². The molecule has 0 unspecified atom stereocenters. The fourth-order valence-corrected chi connectivity index (χ4v) is 3.74. The van der Waals surface area contributed by atoms with Gasteiger partial charge >= 0.3 is 109 Å². The molecule has 3 nitrogen and oxygen atoms in total. The zero-order chi connectivity index (χ0) is 12.0. The van der Waals surface area contributed by atoms with Crippen LogP contribution in [0.15, 0.2) is 18.2 Å². The standard InChI is InChI=1S/C11H15BrO3Se/c1-8(15-7-13-2)10-6-9(14-3)4-5-11(10)16-12/h4-6,8H,7H2,1-3H3/t8-/m0/s1. The van der Waals surface area contributed by atoms with Gasteiger partial charge in [0.2, 0.25) is 0 Å². The molecule has 1 aromatic carbocycles. The van der Waals surface area contributed by atoms with E-state index in [1.54, 1.807) is 14.2 Å². The molecule has 0 aliphatic carbocycles. The molecular formula is C11H15BrO3Se. The van der Waals surface area contributed by atoms with Gasteiger partial charge in [0.1, 0.15) is 0 Å². The number of benzene rings is 1. The third-order valence-corrected chi connectivity index (χ3v) is 5.12. The van der Waals surface area contributed by atoms with E-state index in [9.17, 15) is 0 Å². The average Bonchev–Trinajstić information content (AvgIpc) is 2.35. The Hall–Kier alpha value is -0.0605. The topological polar surface area (TPSA) is 27.7 Å². The Balaban J connectivity index is 2.89. The number of hydrogen-bond acceptors (Lipinski definition) is 3. The molecule has 1 rings (SSSR count). The van der Waals surface area contributed by atoms with Gasteiger partial charge < -0.3 is 0 Å². The van der Waals surface area contributed by atoms with E-state index < -0.39 is 0 Å². The van der Waals surface area contributed by atoms with Crippen molar-refractivity contribution in [3.05, 3.63) is 23.8 Å². The first-order valence-electron chi connectivity index (χ1n) is 4.80. The van der Waals surface area contributed by atoms with Crippen LogP contribution < -0.4 is 9.20 Å². The first-order chi connectivity index (χ1) is 7.72. The first-order valence-corrected chi connectivity index (χ1v) is 9.66. The fourth-order valence-electron chi connectivity index (χ4n) is 1.30. The van der Waals surface area contributed by atoms with Gasteiger partial charge in [-0.3, -0.25) is 0 Å². The number of rotatable bonds is 6. The van der Waals surface area contributed by atoms with Crippen LogP contribution in [0.3, 0.4) is 0 Å². The van der Waals surface area contributed by atoms with E-state index in [1.165, 1.54) is 4.46 Å². The normalized spacial score (nSPS) is 12.5. The van der Waals surface area contributed by atoms with Crippen molar-refractivity contribution in [2.45, 2.75) is 13.0 Å². The summed E-state index contributed by atoms with van der Waals surface area (Å²) in [5.74, 6) is 0.850. The van der Waals surface area contributed by atoms with Crippen molar-refractivity contribution in [2.24, 2.45) is 0 Å². The number of halogens is 1. The van der Waals surface area contributed by atoms with Gasteiger partial charge in [-0.1, -0.05) is 0 Å². The van der Waals surface area contributed by atoms with Gasteiger partial charge in [0, 0.05) is 0 Å². The van der Waals surface area contributed by atoms with E-state index in [4.69, 9.17) is 14.2 Å². The molecule has 0 bridgehead atoms. The first kappa shape index (κ1) is 14.0. The summed E-state index contributed by atoms with van der Waals surface area (Å²) in [4.78, 5) is 0. The Morgan fingerprint density at radius 1 is 1.38 bits per heavy atom. The fraction of sp³-hybridized carbons (Fsp3) is 0.455. The number of ether oxygens (including phenoxy) is 3. The molecule has 1 aromatic rings. The minimum atomic E-state index is 0.00414. The van der Waals surface area contributed by atoms with E-state index in [-0.39, 0.29) is 19.3 Å². The van der Waals surface area contributed by atoms with E-state index in [2.05, 4.69) is 20.2 Å². The van der Waals surface area contributed by atoms with E-state index in [1.807, 2.05) is 19.1 Å². The summed E-state index contributed by atoms with van der Waals surface area (Å²) < 4.78 is 16.9. The molecule has 90 valence electrons. The average molecular weight is 354 g/mol. The third kappa shape index (κ3) is 3.75. The van der Waals surface area contributed by atoms with Crippen molar-refractivity contribution in [3.8, 4) is 5.75 Å². The molecule has 0 heterocycles. The molecule has 0 saturated heterocycles. The molecule has 5 heteroatoms. The van der Waals surface area contributed by atoms with Crippen molar-refractivity contribution in [3.63, 3.8) is 0 Å². The number of methoxy groups -OCH3 is 2. The second-order valence-electron chi connectivity index (χ2n) is 3.20. The van der Waals surface area contributed by atoms with Crippen molar-refractivity contribution in [1.82, 2.24) is 0 Å². The predicted octanol–water partition coefficient (Wildman–Crippen LogP) is 2.02. The molecule has 0 aromatic heterocycles. The van der Waals surface area contributed by atoms with Gasteiger partial charge in [-0.15, -0.1) is 0 Å². The molecule has 0 spiro atoms. The Bertz CT molecular complexity index is 333. The molecule has 0 aliphatic heterocycles. The summed E-state index contributed by atoms with van der Waals surface area (Å²) >= 11 is 3.79. The van der Waals surface area contributed by atoms with Crippen molar-refractivity contribution >= 4 is 31.7 Å². The summed E-state index contributed by atoms with van der Waals surface area (Å²) in [6, 6.07) is 6.04. The van der Waals surface area contributed by atoms with Crippen LogP contribution in [0.1, 0.15) is 18.6 Å². The molecule has 0 fully saturated rings. The molecule has 0 radical (unpaired) electrons. The Morgan fingerprint density at radius 2 is 2.12 bits per heavy atom. The maximum absolute atomic E-state index is 5.53. The second kappa shape index (κ2) is 7.30. The molecule has 0 amide bonds. The monoisotopic (exact) mass is 354 g/mol. The van der Waals surface area contributed by atoms with Crippen LogP contribution in [0.2, 0.25) is 0 Å². The summed E-state index contributed by atoms with van der Waals surface area (Å²) in [5, 5.41) is 0. The zero-order valence-corrected chi connectivity index (χ0v) is 12.8. The molecular weight excluding hydrogens is 339 g/mol. The van der Waals surface area contributed by atoms with Crippen molar-refractivity contribution in [1.29, 1.82) is 0 Å². The molecule has 0 N–H and O–H groups in total. The minimum absolute atomic E-state index is 0.00414. The van der Waals surface area contributed by atoms with Crippen molar-refractivity contribution in [2.75, 3.05) is 21.0 Å². The SMILES string of the molecule is COCO[C@@H](C)c1cc(OC)ccc1[Se]Br. The zero-order valence-electron chi connectivity index (χ0n) is 9.53. The molecule has 16 heavy (non-hydrogen) atoms. The summed E-state index contributed by atoms with van der Waals surface area (Å²) in [7, 11) is 3.28. The third-order valence-electron chi connectivity index (χ3n) is 2.17. The quantitative estimate of drug-likeness (QED) is 0.578.